The highest BCUT2D eigenvalue weighted by Crippen LogP contribution is 2.32. The van der Waals surface area contributed by atoms with Crippen molar-refractivity contribution in [3.63, 3.8) is 0 Å². The molecule has 0 aliphatic heterocycles. The van der Waals surface area contributed by atoms with E-state index in [9.17, 15) is 0 Å². The van der Waals surface area contributed by atoms with Gasteiger partial charge in [-0.15, -0.1) is 0 Å². The molecule has 0 aliphatic carbocycles. The van der Waals surface area contributed by atoms with Gasteiger partial charge in [-0.25, -0.2) is 4.98 Å². The topological polar surface area (TPSA) is 27.1 Å². The van der Waals surface area contributed by atoms with Crippen LogP contribution in [0, 0.1) is 0 Å². The summed E-state index contributed by atoms with van der Waals surface area (Å²) in [5.74, 6) is 0.862. The lowest BCUT2D eigenvalue weighted by Crippen LogP contribution is -2.04. The van der Waals surface area contributed by atoms with Crippen molar-refractivity contribution in [2.45, 2.75) is 26.3 Å². The maximum Gasteiger partial charge on any atom is 0.128 e. The van der Waals surface area contributed by atoms with Crippen molar-refractivity contribution in [3.05, 3.63) is 96.4 Å². The van der Waals surface area contributed by atoms with Crippen LogP contribution >= 0.6 is 0 Å². The number of aromatic nitrogens is 2. The number of benzene rings is 3. The molecule has 3 aromatic carbocycles. The Morgan fingerprint density at radius 1 is 0.862 bits per heavy atom. The van der Waals surface area contributed by atoms with Crippen LogP contribution in [0.15, 0.2) is 85.2 Å². The first-order chi connectivity index (χ1) is 14.3. The second kappa shape index (κ2) is 8.78. The zero-order valence-electron chi connectivity index (χ0n) is 17.0. The Kier molecular flexibility index (Phi) is 5.76. The van der Waals surface area contributed by atoms with Crippen molar-refractivity contribution in [2.75, 3.05) is 7.11 Å². The van der Waals surface area contributed by atoms with Crippen LogP contribution in [0.2, 0.25) is 0 Å². The molecule has 3 heteroatoms. The molecule has 0 fully saturated rings. The Hall–Kier alpha value is -3.33. The Morgan fingerprint density at radius 3 is 2.41 bits per heavy atom. The highest BCUT2D eigenvalue weighted by molar-refractivity contribution is 5.69. The van der Waals surface area contributed by atoms with Gasteiger partial charge < -0.3 is 9.30 Å². The van der Waals surface area contributed by atoms with Crippen LogP contribution in [0.25, 0.3) is 22.4 Å². The molecule has 4 rings (SSSR count). The van der Waals surface area contributed by atoms with Gasteiger partial charge in [0.15, 0.2) is 0 Å². The van der Waals surface area contributed by atoms with E-state index in [0.717, 1.165) is 36.4 Å². The molecule has 0 N–H and O–H groups in total. The smallest absolute Gasteiger partial charge is 0.128 e. The molecule has 4 aromatic rings. The van der Waals surface area contributed by atoms with Crippen LogP contribution < -0.4 is 4.74 Å². The number of nitrogens with zero attached hydrogens (tertiary/aromatic N) is 2. The SMILES string of the molecule is CCCc1c(-c2ccccc2OC)ncn1Cc1cccc(-c2ccccc2)c1. The first-order valence-corrected chi connectivity index (χ1v) is 10.1. The number of rotatable bonds is 7. The molecular weight excluding hydrogens is 356 g/mol. The van der Waals surface area contributed by atoms with E-state index in [4.69, 9.17) is 9.72 Å². The summed E-state index contributed by atoms with van der Waals surface area (Å²) in [5, 5.41) is 0. The maximum atomic E-state index is 5.58. The summed E-state index contributed by atoms with van der Waals surface area (Å²) < 4.78 is 7.85. The van der Waals surface area contributed by atoms with E-state index in [1.54, 1.807) is 7.11 Å². The van der Waals surface area contributed by atoms with E-state index >= 15 is 0 Å². The fraction of sp³-hybridized carbons (Fsp3) is 0.192. The maximum absolute atomic E-state index is 5.58. The minimum Gasteiger partial charge on any atom is -0.496 e. The minimum atomic E-state index is 0.804. The van der Waals surface area contributed by atoms with Gasteiger partial charge in [-0.2, -0.15) is 0 Å². The number of imidazole rings is 1. The summed E-state index contributed by atoms with van der Waals surface area (Å²) in [4.78, 5) is 4.77. The van der Waals surface area contributed by atoms with Gasteiger partial charge in [0, 0.05) is 17.8 Å². The van der Waals surface area contributed by atoms with Gasteiger partial charge in [-0.05, 0) is 41.3 Å². The quantitative estimate of drug-likeness (QED) is 0.379. The lowest BCUT2D eigenvalue weighted by atomic mass is 10.0. The highest BCUT2D eigenvalue weighted by Gasteiger charge is 2.16. The van der Waals surface area contributed by atoms with Gasteiger partial charge >= 0.3 is 0 Å². The average Bonchev–Trinajstić information content (AvgIpc) is 3.17. The summed E-state index contributed by atoms with van der Waals surface area (Å²) in [6.07, 6.45) is 4.01. The molecule has 1 heterocycles. The van der Waals surface area contributed by atoms with E-state index in [1.165, 1.54) is 22.4 Å². The van der Waals surface area contributed by atoms with Gasteiger partial charge in [0.1, 0.15) is 5.75 Å². The Balaban J connectivity index is 1.69. The van der Waals surface area contributed by atoms with Gasteiger partial charge in [-0.1, -0.05) is 74.0 Å². The van der Waals surface area contributed by atoms with Crippen molar-refractivity contribution in [1.82, 2.24) is 9.55 Å². The largest absolute Gasteiger partial charge is 0.496 e. The molecule has 0 atom stereocenters. The molecule has 29 heavy (non-hydrogen) atoms. The summed E-state index contributed by atoms with van der Waals surface area (Å²) in [6.45, 7) is 3.01. The van der Waals surface area contributed by atoms with Gasteiger partial charge in [0.25, 0.3) is 0 Å². The van der Waals surface area contributed by atoms with Crippen molar-refractivity contribution in [2.24, 2.45) is 0 Å². The normalized spacial score (nSPS) is 10.8. The molecular formula is C26H26N2O. The Bertz CT molecular complexity index is 1080. The second-order valence-corrected chi connectivity index (χ2v) is 7.18. The number of hydrogen-bond acceptors (Lipinski definition) is 2. The predicted molar refractivity (Wildman–Crippen MR) is 119 cm³/mol. The van der Waals surface area contributed by atoms with Gasteiger partial charge in [-0.3, -0.25) is 0 Å². The highest BCUT2D eigenvalue weighted by atomic mass is 16.5. The van der Waals surface area contributed by atoms with Crippen molar-refractivity contribution in [3.8, 4) is 28.1 Å². The third-order valence-corrected chi connectivity index (χ3v) is 5.18. The van der Waals surface area contributed by atoms with E-state index < -0.39 is 0 Å². The van der Waals surface area contributed by atoms with Crippen molar-refractivity contribution >= 4 is 0 Å². The third kappa shape index (κ3) is 4.09. The predicted octanol–water partition coefficient (Wildman–Crippen LogP) is 6.23. The van der Waals surface area contributed by atoms with Crippen LogP contribution in [0.5, 0.6) is 5.75 Å². The molecule has 0 saturated heterocycles. The van der Waals surface area contributed by atoms with Crippen LogP contribution in [-0.2, 0) is 13.0 Å². The van der Waals surface area contributed by atoms with Crippen LogP contribution in [0.4, 0.5) is 0 Å². The lowest BCUT2D eigenvalue weighted by Gasteiger charge is -2.12. The average molecular weight is 383 g/mol. The van der Waals surface area contributed by atoms with E-state index in [1.807, 2.05) is 24.5 Å². The van der Waals surface area contributed by atoms with Crippen LogP contribution in [0.3, 0.4) is 0 Å². The third-order valence-electron chi connectivity index (χ3n) is 5.18. The first-order valence-electron chi connectivity index (χ1n) is 10.1. The molecule has 3 nitrogen and oxygen atoms in total. The molecule has 0 spiro atoms. The molecule has 0 bridgehead atoms. The molecule has 0 aliphatic rings. The zero-order chi connectivity index (χ0) is 20.1. The van der Waals surface area contributed by atoms with Gasteiger partial charge in [0.2, 0.25) is 0 Å². The monoisotopic (exact) mass is 382 g/mol. The summed E-state index contributed by atoms with van der Waals surface area (Å²) in [7, 11) is 1.71. The number of methoxy groups -OCH3 is 1. The van der Waals surface area contributed by atoms with Crippen molar-refractivity contribution < 1.29 is 4.74 Å². The molecule has 0 radical (unpaired) electrons. The van der Waals surface area contributed by atoms with Crippen molar-refractivity contribution in [1.29, 1.82) is 0 Å². The fourth-order valence-electron chi connectivity index (χ4n) is 3.78. The summed E-state index contributed by atoms with van der Waals surface area (Å²) >= 11 is 0. The van der Waals surface area contributed by atoms with E-state index in [0.29, 0.717) is 0 Å². The number of hydrogen-bond donors (Lipinski definition) is 0. The van der Waals surface area contributed by atoms with E-state index in [2.05, 4.69) is 72.2 Å². The van der Waals surface area contributed by atoms with Crippen LogP contribution in [-0.4, -0.2) is 16.7 Å². The molecule has 0 saturated carbocycles. The fourth-order valence-corrected chi connectivity index (χ4v) is 3.78. The number of para-hydroxylation sites is 1. The Labute approximate surface area is 172 Å². The second-order valence-electron chi connectivity index (χ2n) is 7.18. The summed E-state index contributed by atoms with van der Waals surface area (Å²) in [6, 6.07) is 27.4. The van der Waals surface area contributed by atoms with E-state index in [-0.39, 0.29) is 0 Å². The molecule has 1 aromatic heterocycles. The molecule has 0 unspecified atom stereocenters. The first kappa shape index (κ1) is 19.0. The standard InChI is InChI=1S/C26H26N2O/c1-3-10-24-26(23-15-7-8-16-25(23)29-2)27-19-28(24)18-20-11-9-14-22(17-20)21-12-5-4-6-13-21/h4-9,11-17,19H,3,10,18H2,1-2H3. The van der Waals surface area contributed by atoms with Gasteiger partial charge in [0.05, 0.1) is 19.1 Å². The summed E-state index contributed by atoms with van der Waals surface area (Å²) in [5.41, 5.74) is 7.07. The molecule has 146 valence electrons. The van der Waals surface area contributed by atoms with Crippen LogP contribution in [0.1, 0.15) is 24.6 Å². The lowest BCUT2D eigenvalue weighted by molar-refractivity contribution is 0.416. The Morgan fingerprint density at radius 2 is 1.62 bits per heavy atom. The zero-order valence-corrected chi connectivity index (χ0v) is 17.0. The molecule has 0 amide bonds. The number of ether oxygens (including phenoxy) is 1. The minimum absolute atomic E-state index is 0.804.